The Labute approximate surface area is 199 Å². The van der Waals surface area contributed by atoms with Gasteiger partial charge in [-0.05, 0) is 43.5 Å². The number of amides is 1. The predicted molar refractivity (Wildman–Crippen MR) is 131 cm³/mol. The number of hydrogen-bond donors (Lipinski definition) is 3. The molecule has 2 heterocycles. The lowest BCUT2D eigenvalue weighted by Crippen LogP contribution is -2.32. The van der Waals surface area contributed by atoms with Crippen LogP contribution >= 0.6 is 0 Å². The van der Waals surface area contributed by atoms with Crippen molar-refractivity contribution in [3.63, 3.8) is 0 Å². The van der Waals surface area contributed by atoms with Gasteiger partial charge in [-0.3, -0.25) is 4.79 Å². The molecule has 1 saturated heterocycles. The average Bonchev–Trinajstić information content (AvgIpc) is 3.39. The first-order chi connectivity index (χ1) is 16.5. The molecular formula is C26H32N4O4. The van der Waals surface area contributed by atoms with E-state index in [4.69, 9.17) is 4.74 Å². The van der Waals surface area contributed by atoms with Crippen LogP contribution in [0.25, 0.3) is 10.9 Å². The van der Waals surface area contributed by atoms with Crippen LogP contribution in [0.15, 0.2) is 54.9 Å². The predicted octanol–water partition coefficient (Wildman–Crippen LogP) is 3.31. The Hall–Kier alpha value is -3.23. The molecule has 4 rings (SSSR count). The van der Waals surface area contributed by atoms with E-state index >= 15 is 0 Å². The summed E-state index contributed by atoms with van der Waals surface area (Å²) in [7, 11) is 0. The molecule has 3 atom stereocenters. The van der Waals surface area contributed by atoms with Crippen molar-refractivity contribution in [2.45, 2.75) is 50.9 Å². The number of likely N-dealkylation sites (tertiary alicyclic amines) is 1. The fourth-order valence-corrected chi connectivity index (χ4v) is 4.23. The monoisotopic (exact) mass is 464 g/mol. The van der Waals surface area contributed by atoms with E-state index in [-0.39, 0.29) is 31.4 Å². The number of aromatic nitrogens is 2. The van der Waals surface area contributed by atoms with Gasteiger partial charge in [0.1, 0.15) is 24.5 Å². The molecule has 1 aliphatic rings. The van der Waals surface area contributed by atoms with Gasteiger partial charge >= 0.3 is 0 Å². The number of nitrogens with one attached hydrogen (secondary N) is 1. The highest BCUT2D eigenvalue weighted by molar-refractivity contribution is 5.90. The number of rotatable bonds is 10. The first-order valence-corrected chi connectivity index (χ1v) is 11.8. The summed E-state index contributed by atoms with van der Waals surface area (Å²) in [5, 5.41) is 24.8. The van der Waals surface area contributed by atoms with E-state index in [2.05, 4.69) is 34.3 Å². The van der Waals surface area contributed by atoms with E-state index in [9.17, 15) is 15.0 Å². The Balaban J connectivity index is 1.34. The molecule has 2 aromatic carbocycles. The van der Waals surface area contributed by atoms with Crippen molar-refractivity contribution >= 4 is 22.6 Å². The minimum Gasteiger partial charge on any atom is -0.491 e. The number of ether oxygens (including phenoxy) is 1. The van der Waals surface area contributed by atoms with Crippen molar-refractivity contribution in [3.05, 3.63) is 60.4 Å². The van der Waals surface area contributed by atoms with Crippen LogP contribution in [0.1, 0.15) is 44.2 Å². The Morgan fingerprint density at radius 2 is 1.85 bits per heavy atom. The molecule has 0 radical (unpaired) electrons. The van der Waals surface area contributed by atoms with Crippen molar-refractivity contribution in [1.82, 2.24) is 14.9 Å². The standard InChI is InChI=1S/C26H32N4O4/c1-18(19-7-3-2-4-8-19)29-26-23-15-22(9-10-24(23)27-17-28-26)34-16-21(32)13-20(31)14-25(33)30-11-5-6-12-30/h2-4,7-10,15,17-18,20-21,31-32H,5-6,11-14,16H2,1H3,(H,27,28,29). The molecule has 1 amide bonds. The van der Waals surface area contributed by atoms with E-state index < -0.39 is 12.2 Å². The van der Waals surface area contributed by atoms with Gasteiger partial charge in [-0.15, -0.1) is 0 Å². The lowest BCUT2D eigenvalue weighted by Gasteiger charge is -2.20. The third-order valence-electron chi connectivity index (χ3n) is 6.12. The fourth-order valence-electron chi connectivity index (χ4n) is 4.23. The number of hydrogen-bond acceptors (Lipinski definition) is 7. The van der Waals surface area contributed by atoms with Gasteiger partial charge in [0.2, 0.25) is 5.91 Å². The topological polar surface area (TPSA) is 108 Å². The molecule has 3 N–H and O–H groups in total. The first-order valence-electron chi connectivity index (χ1n) is 11.8. The zero-order chi connectivity index (χ0) is 23.9. The summed E-state index contributed by atoms with van der Waals surface area (Å²) in [6.45, 7) is 3.59. The Kier molecular flexibility index (Phi) is 7.92. The van der Waals surface area contributed by atoms with Gasteiger partial charge in [0, 0.05) is 30.9 Å². The molecule has 180 valence electrons. The summed E-state index contributed by atoms with van der Waals surface area (Å²) in [6.07, 6.45) is 1.87. The molecule has 1 aliphatic heterocycles. The number of aliphatic hydroxyl groups excluding tert-OH is 2. The van der Waals surface area contributed by atoms with Crippen LogP contribution in [-0.4, -0.2) is 62.9 Å². The van der Waals surface area contributed by atoms with Crippen molar-refractivity contribution in [1.29, 1.82) is 0 Å². The smallest absolute Gasteiger partial charge is 0.225 e. The fraction of sp³-hybridized carbons (Fsp3) is 0.423. The largest absolute Gasteiger partial charge is 0.491 e. The second-order valence-corrected chi connectivity index (χ2v) is 8.82. The summed E-state index contributed by atoms with van der Waals surface area (Å²) >= 11 is 0. The third-order valence-corrected chi connectivity index (χ3v) is 6.12. The minimum absolute atomic E-state index is 0.0113. The van der Waals surface area contributed by atoms with Crippen LogP contribution in [-0.2, 0) is 4.79 Å². The Morgan fingerprint density at radius 3 is 2.62 bits per heavy atom. The Morgan fingerprint density at radius 1 is 1.09 bits per heavy atom. The zero-order valence-electron chi connectivity index (χ0n) is 19.4. The molecular weight excluding hydrogens is 432 g/mol. The molecule has 0 spiro atoms. The van der Waals surface area contributed by atoms with Gasteiger partial charge in [0.25, 0.3) is 0 Å². The molecule has 34 heavy (non-hydrogen) atoms. The Bertz CT molecular complexity index is 1090. The van der Waals surface area contributed by atoms with Crippen molar-refractivity contribution in [3.8, 4) is 5.75 Å². The second kappa shape index (κ2) is 11.3. The lowest BCUT2D eigenvalue weighted by molar-refractivity contribution is -0.132. The van der Waals surface area contributed by atoms with E-state index in [0.717, 1.165) is 42.4 Å². The number of carbonyl (C=O) groups excluding carboxylic acids is 1. The second-order valence-electron chi connectivity index (χ2n) is 8.82. The van der Waals surface area contributed by atoms with Gasteiger partial charge in [-0.1, -0.05) is 30.3 Å². The van der Waals surface area contributed by atoms with Gasteiger partial charge in [0.05, 0.1) is 24.1 Å². The van der Waals surface area contributed by atoms with Crippen molar-refractivity contribution < 1.29 is 19.7 Å². The van der Waals surface area contributed by atoms with E-state index in [1.165, 1.54) is 6.33 Å². The molecule has 3 aromatic rings. The van der Waals surface area contributed by atoms with Crippen LogP contribution < -0.4 is 10.1 Å². The minimum atomic E-state index is -0.896. The lowest BCUT2D eigenvalue weighted by atomic mass is 10.1. The average molecular weight is 465 g/mol. The summed E-state index contributed by atoms with van der Waals surface area (Å²) < 4.78 is 5.79. The normalized spacial score (nSPS) is 16.3. The summed E-state index contributed by atoms with van der Waals surface area (Å²) in [4.78, 5) is 22.7. The van der Waals surface area contributed by atoms with Crippen LogP contribution in [0.4, 0.5) is 5.82 Å². The molecule has 8 heteroatoms. The highest BCUT2D eigenvalue weighted by Crippen LogP contribution is 2.27. The number of fused-ring (bicyclic) bond motifs is 1. The molecule has 0 saturated carbocycles. The maximum atomic E-state index is 12.2. The van der Waals surface area contributed by atoms with Crippen molar-refractivity contribution in [2.24, 2.45) is 0 Å². The van der Waals surface area contributed by atoms with E-state index in [1.54, 1.807) is 11.0 Å². The van der Waals surface area contributed by atoms with Gasteiger partial charge in [-0.2, -0.15) is 0 Å². The molecule has 0 aliphatic carbocycles. The van der Waals surface area contributed by atoms with Gasteiger partial charge in [0.15, 0.2) is 0 Å². The van der Waals surface area contributed by atoms with Crippen LogP contribution in [0.3, 0.4) is 0 Å². The number of nitrogens with zero attached hydrogens (tertiary/aromatic N) is 3. The maximum absolute atomic E-state index is 12.2. The number of aliphatic hydroxyl groups is 2. The summed E-state index contributed by atoms with van der Waals surface area (Å²) in [5.41, 5.74) is 1.92. The van der Waals surface area contributed by atoms with Crippen LogP contribution in [0.5, 0.6) is 5.75 Å². The molecule has 1 aromatic heterocycles. The molecule has 8 nitrogen and oxygen atoms in total. The van der Waals surface area contributed by atoms with Crippen molar-refractivity contribution in [2.75, 3.05) is 25.0 Å². The van der Waals surface area contributed by atoms with Gasteiger partial charge in [-0.25, -0.2) is 9.97 Å². The highest BCUT2D eigenvalue weighted by Gasteiger charge is 2.22. The van der Waals surface area contributed by atoms with E-state index in [0.29, 0.717) is 11.6 Å². The van der Waals surface area contributed by atoms with Crippen LogP contribution in [0.2, 0.25) is 0 Å². The zero-order valence-corrected chi connectivity index (χ0v) is 19.4. The maximum Gasteiger partial charge on any atom is 0.225 e. The SMILES string of the molecule is CC(Nc1ncnc2ccc(OCC(O)CC(O)CC(=O)N3CCCC3)cc12)c1ccccc1. The number of carbonyl (C=O) groups is 1. The van der Waals surface area contributed by atoms with Crippen LogP contribution in [0, 0.1) is 0 Å². The first kappa shape index (κ1) is 23.9. The third kappa shape index (κ3) is 6.21. The number of benzene rings is 2. The van der Waals surface area contributed by atoms with E-state index in [1.807, 2.05) is 30.3 Å². The summed E-state index contributed by atoms with van der Waals surface area (Å²) in [6, 6.07) is 15.6. The molecule has 3 unspecified atom stereocenters. The quantitative estimate of drug-likeness (QED) is 0.422. The number of anilines is 1. The van der Waals surface area contributed by atoms with Gasteiger partial charge < -0.3 is 25.2 Å². The molecule has 1 fully saturated rings. The summed E-state index contributed by atoms with van der Waals surface area (Å²) in [5.74, 6) is 1.21. The molecule has 0 bridgehead atoms. The highest BCUT2D eigenvalue weighted by atomic mass is 16.5.